The van der Waals surface area contributed by atoms with Crippen molar-refractivity contribution >= 4 is 11.7 Å². The van der Waals surface area contributed by atoms with E-state index < -0.39 is 0 Å². The second-order valence-electron chi connectivity index (χ2n) is 4.71. The maximum absolute atomic E-state index is 11.6. The molecule has 0 spiro atoms. The number of pyridine rings is 1. The highest BCUT2D eigenvalue weighted by atomic mass is 16.1. The standard InChI is InChI=1S/C12H19N3O/c1-9-5-4-8-14-11(9)15-10(16)6-7-12(2,3)13/h4-5,8H,6-7,13H2,1-3H3,(H,14,15,16). The van der Waals surface area contributed by atoms with E-state index in [0.29, 0.717) is 18.7 Å². The van der Waals surface area contributed by atoms with Crippen molar-refractivity contribution in [3.63, 3.8) is 0 Å². The lowest BCUT2D eigenvalue weighted by Crippen LogP contribution is -2.33. The lowest BCUT2D eigenvalue weighted by molar-refractivity contribution is -0.116. The molecule has 1 aromatic rings. The maximum Gasteiger partial charge on any atom is 0.225 e. The quantitative estimate of drug-likeness (QED) is 0.815. The summed E-state index contributed by atoms with van der Waals surface area (Å²) in [6.07, 6.45) is 2.74. The molecule has 0 saturated carbocycles. The second kappa shape index (κ2) is 5.07. The zero-order valence-corrected chi connectivity index (χ0v) is 10.1. The van der Waals surface area contributed by atoms with Crippen molar-refractivity contribution in [1.29, 1.82) is 0 Å². The summed E-state index contributed by atoms with van der Waals surface area (Å²) >= 11 is 0. The fraction of sp³-hybridized carbons (Fsp3) is 0.500. The topological polar surface area (TPSA) is 68.0 Å². The van der Waals surface area contributed by atoms with Gasteiger partial charge in [-0.15, -0.1) is 0 Å². The third-order valence-electron chi connectivity index (χ3n) is 2.26. The molecule has 3 N–H and O–H groups in total. The average Bonchev–Trinajstić information content (AvgIpc) is 2.18. The molecule has 0 bridgehead atoms. The Morgan fingerprint density at radius 2 is 2.25 bits per heavy atom. The number of carbonyl (C=O) groups excluding carboxylic acids is 1. The molecule has 0 aliphatic carbocycles. The van der Waals surface area contributed by atoms with E-state index in [-0.39, 0.29) is 11.4 Å². The van der Waals surface area contributed by atoms with E-state index in [2.05, 4.69) is 10.3 Å². The van der Waals surface area contributed by atoms with Gasteiger partial charge in [0.1, 0.15) is 5.82 Å². The summed E-state index contributed by atoms with van der Waals surface area (Å²) in [6, 6.07) is 3.75. The summed E-state index contributed by atoms with van der Waals surface area (Å²) in [5.41, 5.74) is 6.46. The third-order valence-corrected chi connectivity index (χ3v) is 2.26. The van der Waals surface area contributed by atoms with Gasteiger partial charge in [0.05, 0.1) is 0 Å². The maximum atomic E-state index is 11.6. The van der Waals surface area contributed by atoms with Crippen LogP contribution in [-0.2, 0) is 4.79 Å². The number of nitrogens with zero attached hydrogens (tertiary/aromatic N) is 1. The first-order chi connectivity index (χ1) is 7.38. The summed E-state index contributed by atoms with van der Waals surface area (Å²) < 4.78 is 0. The molecule has 0 unspecified atom stereocenters. The first kappa shape index (κ1) is 12.6. The van der Waals surface area contributed by atoms with Gasteiger partial charge in [-0.2, -0.15) is 0 Å². The Kier molecular flexibility index (Phi) is 4.01. The Hall–Kier alpha value is -1.42. The minimum atomic E-state index is -0.309. The van der Waals surface area contributed by atoms with Crippen LogP contribution in [0.1, 0.15) is 32.3 Å². The Morgan fingerprint density at radius 3 is 2.81 bits per heavy atom. The molecule has 0 fully saturated rings. The molecule has 0 aliphatic heterocycles. The lowest BCUT2D eigenvalue weighted by atomic mass is 10.00. The van der Waals surface area contributed by atoms with E-state index in [1.807, 2.05) is 32.9 Å². The van der Waals surface area contributed by atoms with Crippen LogP contribution in [0.3, 0.4) is 0 Å². The number of amides is 1. The van der Waals surface area contributed by atoms with E-state index >= 15 is 0 Å². The Bertz CT molecular complexity index is 369. The number of hydrogen-bond acceptors (Lipinski definition) is 3. The molecule has 1 aromatic heterocycles. The van der Waals surface area contributed by atoms with Crippen LogP contribution in [0.5, 0.6) is 0 Å². The van der Waals surface area contributed by atoms with E-state index in [0.717, 1.165) is 5.56 Å². The van der Waals surface area contributed by atoms with Crippen molar-refractivity contribution in [1.82, 2.24) is 4.98 Å². The van der Waals surface area contributed by atoms with E-state index in [1.165, 1.54) is 0 Å². The van der Waals surface area contributed by atoms with Gasteiger partial charge in [-0.05, 0) is 38.8 Å². The molecular formula is C12H19N3O. The summed E-state index contributed by atoms with van der Waals surface area (Å²) in [5.74, 6) is 0.586. The van der Waals surface area contributed by atoms with Crippen molar-refractivity contribution in [2.24, 2.45) is 5.73 Å². The normalized spacial score (nSPS) is 11.2. The number of nitrogens with one attached hydrogen (secondary N) is 1. The third kappa shape index (κ3) is 4.40. The van der Waals surface area contributed by atoms with Crippen LogP contribution in [0.2, 0.25) is 0 Å². The van der Waals surface area contributed by atoms with Gasteiger partial charge >= 0.3 is 0 Å². The fourth-order valence-electron chi connectivity index (χ4n) is 1.25. The van der Waals surface area contributed by atoms with E-state index in [1.54, 1.807) is 6.20 Å². The van der Waals surface area contributed by atoms with Crippen LogP contribution in [0.15, 0.2) is 18.3 Å². The van der Waals surface area contributed by atoms with Crippen LogP contribution in [0.25, 0.3) is 0 Å². The minimum absolute atomic E-state index is 0.0414. The number of aryl methyl sites for hydroxylation is 1. The SMILES string of the molecule is Cc1cccnc1NC(=O)CCC(C)(C)N. The molecule has 0 atom stereocenters. The summed E-state index contributed by atoms with van der Waals surface area (Å²) in [4.78, 5) is 15.7. The average molecular weight is 221 g/mol. The molecule has 0 radical (unpaired) electrons. The zero-order chi connectivity index (χ0) is 12.2. The first-order valence-corrected chi connectivity index (χ1v) is 5.39. The molecule has 16 heavy (non-hydrogen) atoms. The smallest absolute Gasteiger partial charge is 0.225 e. The highest BCUT2D eigenvalue weighted by molar-refractivity contribution is 5.90. The van der Waals surface area contributed by atoms with Crippen LogP contribution >= 0.6 is 0 Å². The van der Waals surface area contributed by atoms with Gasteiger partial charge < -0.3 is 11.1 Å². The molecule has 4 heteroatoms. The van der Waals surface area contributed by atoms with Crippen molar-refractivity contribution in [2.75, 3.05) is 5.32 Å². The molecule has 1 amide bonds. The Labute approximate surface area is 96.3 Å². The summed E-state index contributed by atoms with van der Waals surface area (Å²) in [7, 11) is 0. The zero-order valence-electron chi connectivity index (χ0n) is 10.1. The molecule has 4 nitrogen and oxygen atoms in total. The second-order valence-corrected chi connectivity index (χ2v) is 4.71. The molecule has 88 valence electrons. The number of anilines is 1. The lowest BCUT2D eigenvalue weighted by Gasteiger charge is -2.17. The van der Waals surface area contributed by atoms with Crippen molar-refractivity contribution in [3.05, 3.63) is 23.9 Å². The highest BCUT2D eigenvalue weighted by Crippen LogP contribution is 2.12. The fourth-order valence-corrected chi connectivity index (χ4v) is 1.25. The minimum Gasteiger partial charge on any atom is -0.326 e. The Balaban J connectivity index is 2.50. The van der Waals surface area contributed by atoms with Crippen LogP contribution < -0.4 is 11.1 Å². The van der Waals surface area contributed by atoms with Crippen molar-refractivity contribution in [3.8, 4) is 0 Å². The molecular weight excluding hydrogens is 202 g/mol. The molecule has 1 heterocycles. The molecule has 1 rings (SSSR count). The Morgan fingerprint density at radius 1 is 1.56 bits per heavy atom. The number of rotatable bonds is 4. The van der Waals surface area contributed by atoms with Gasteiger partial charge in [0.2, 0.25) is 5.91 Å². The van der Waals surface area contributed by atoms with Gasteiger partial charge in [0, 0.05) is 18.2 Å². The van der Waals surface area contributed by atoms with Crippen LogP contribution in [-0.4, -0.2) is 16.4 Å². The first-order valence-electron chi connectivity index (χ1n) is 5.39. The van der Waals surface area contributed by atoms with Crippen molar-refractivity contribution < 1.29 is 4.79 Å². The largest absolute Gasteiger partial charge is 0.326 e. The summed E-state index contributed by atoms with van der Waals surface area (Å²) in [6.45, 7) is 5.73. The predicted octanol–water partition coefficient (Wildman–Crippen LogP) is 1.85. The van der Waals surface area contributed by atoms with Gasteiger partial charge in [0.15, 0.2) is 0 Å². The van der Waals surface area contributed by atoms with Crippen LogP contribution in [0, 0.1) is 6.92 Å². The molecule has 0 saturated heterocycles. The van der Waals surface area contributed by atoms with E-state index in [9.17, 15) is 4.79 Å². The van der Waals surface area contributed by atoms with Gasteiger partial charge in [-0.3, -0.25) is 4.79 Å². The highest BCUT2D eigenvalue weighted by Gasteiger charge is 2.13. The number of nitrogens with two attached hydrogens (primary N) is 1. The number of carbonyl (C=O) groups is 1. The molecule has 0 aliphatic rings. The van der Waals surface area contributed by atoms with E-state index in [4.69, 9.17) is 5.73 Å². The number of hydrogen-bond donors (Lipinski definition) is 2. The number of aromatic nitrogens is 1. The van der Waals surface area contributed by atoms with Crippen molar-refractivity contribution in [2.45, 2.75) is 39.2 Å². The van der Waals surface area contributed by atoms with Gasteiger partial charge in [0.25, 0.3) is 0 Å². The molecule has 0 aromatic carbocycles. The van der Waals surface area contributed by atoms with Gasteiger partial charge in [-0.1, -0.05) is 6.07 Å². The predicted molar refractivity (Wildman–Crippen MR) is 65.1 cm³/mol. The van der Waals surface area contributed by atoms with Gasteiger partial charge in [-0.25, -0.2) is 4.98 Å². The monoisotopic (exact) mass is 221 g/mol. The van der Waals surface area contributed by atoms with Crippen LogP contribution in [0.4, 0.5) is 5.82 Å². The summed E-state index contributed by atoms with van der Waals surface area (Å²) in [5, 5.41) is 2.78.